The van der Waals surface area contributed by atoms with Crippen LogP contribution < -0.4 is 4.74 Å². The minimum absolute atomic E-state index is 0.0310. The highest BCUT2D eigenvalue weighted by atomic mass is 16.5. The van der Waals surface area contributed by atoms with Crippen LogP contribution in [0.3, 0.4) is 0 Å². The summed E-state index contributed by atoms with van der Waals surface area (Å²) < 4.78 is 5.43. The number of rotatable bonds is 6. The second kappa shape index (κ2) is 8.57. The smallest absolute Gasteiger partial charge is 0.307 e. The summed E-state index contributed by atoms with van der Waals surface area (Å²) in [5, 5.41) is 9.51. The summed E-state index contributed by atoms with van der Waals surface area (Å²) in [6.45, 7) is 5.86. The summed E-state index contributed by atoms with van der Waals surface area (Å²) in [5.74, 6) is 0.310. The normalized spacial score (nSPS) is 19.0. The molecule has 0 aliphatic carbocycles. The number of benzene rings is 2. The van der Waals surface area contributed by atoms with Crippen molar-refractivity contribution in [2.45, 2.75) is 38.6 Å². The lowest BCUT2D eigenvalue weighted by molar-refractivity contribution is -0.143. The maximum atomic E-state index is 11.6. The van der Waals surface area contributed by atoms with Crippen LogP contribution in [-0.2, 0) is 4.79 Å². The highest BCUT2D eigenvalue weighted by molar-refractivity contribution is 5.70. The lowest BCUT2D eigenvalue weighted by Crippen LogP contribution is -2.41. The highest BCUT2D eigenvalue weighted by Gasteiger charge is 2.31. The molecule has 0 radical (unpaired) electrons. The van der Waals surface area contributed by atoms with Gasteiger partial charge in [-0.15, -0.1) is 0 Å². The molecule has 1 N–H and O–H groups in total. The molecule has 2 aromatic carbocycles. The molecule has 0 amide bonds. The Balaban J connectivity index is 1.99. The number of methoxy groups -OCH3 is 1. The minimum Gasteiger partial charge on any atom is -0.497 e. The monoisotopic (exact) mass is 367 g/mol. The first-order valence-electron chi connectivity index (χ1n) is 9.70. The molecule has 0 bridgehead atoms. The van der Waals surface area contributed by atoms with Crippen LogP contribution in [0.25, 0.3) is 0 Å². The maximum absolute atomic E-state index is 11.6. The summed E-state index contributed by atoms with van der Waals surface area (Å²) >= 11 is 0. The number of hydrogen-bond acceptors (Lipinski definition) is 3. The lowest BCUT2D eigenvalue weighted by atomic mass is 9.90. The van der Waals surface area contributed by atoms with Gasteiger partial charge in [-0.3, -0.25) is 9.69 Å². The van der Waals surface area contributed by atoms with Crippen molar-refractivity contribution < 1.29 is 14.6 Å². The Bertz CT molecular complexity index is 769. The largest absolute Gasteiger partial charge is 0.497 e. The van der Waals surface area contributed by atoms with Crippen LogP contribution in [0.2, 0.25) is 0 Å². The van der Waals surface area contributed by atoms with E-state index in [9.17, 15) is 9.90 Å². The van der Waals surface area contributed by atoms with E-state index in [0.717, 1.165) is 30.7 Å². The van der Waals surface area contributed by atoms with Gasteiger partial charge in [0.2, 0.25) is 0 Å². The molecule has 3 rings (SSSR count). The SMILES string of the molecule is COc1cccc(C(c2ccc(C(C)C)cc2)N2CCCC(C(=O)O)C2)c1. The molecule has 1 aliphatic heterocycles. The molecule has 2 atom stereocenters. The Hall–Kier alpha value is -2.33. The molecule has 2 unspecified atom stereocenters. The number of piperidine rings is 1. The van der Waals surface area contributed by atoms with Crippen molar-refractivity contribution in [2.24, 2.45) is 5.92 Å². The van der Waals surface area contributed by atoms with E-state index in [-0.39, 0.29) is 12.0 Å². The number of likely N-dealkylation sites (tertiary alicyclic amines) is 1. The molecule has 0 saturated carbocycles. The van der Waals surface area contributed by atoms with Crippen molar-refractivity contribution >= 4 is 5.97 Å². The van der Waals surface area contributed by atoms with Crippen LogP contribution in [0, 0.1) is 5.92 Å². The van der Waals surface area contributed by atoms with Crippen molar-refractivity contribution in [3.05, 3.63) is 65.2 Å². The molecule has 4 nitrogen and oxygen atoms in total. The van der Waals surface area contributed by atoms with E-state index in [1.54, 1.807) is 7.11 Å². The second-order valence-electron chi connectivity index (χ2n) is 7.67. The van der Waals surface area contributed by atoms with Gasteiger partial charge < -0.3 is 9.84 Å². The molecule has 1 fully saturated rings. The first kappa shape index (κ1) is 19.4. The molecule has 1 heterocycles. The van der Waals surface area contributed by atoms with Gasteiger partial charge in [0.05, 0.1) is 19.1 Å². The van der Waals surface area contributed by atoms with Crippen molar-refractivity contribution in [1.82, 2.24) is 4.90 Å². The molecular formula is C23H29NO3. The van der Waals surface area contributed by atoms with E-state index < -0.39 is 5.97 Å². The Morgan fingerprint density at radius 3 is 2.44 bits per heavy atom. The van der Waals surface area contributed by atoms with E-state index in [2.05, 4.69) is 55.1 Å². The zero-order valence-electron chi connectivity index (χ0n) is 16.4. The number of carbonyl (C=O) groups is 1. The van der Waals surface area contributed by atoms with Gasteiger partial charge in [-0.1, -0.05) is 50.2 Å². The third kappa shape index (κ3) is 4.51. The number of ether oxygens (including phenoxy) is 1. The van der Waals surface area contributed by atoms with Crippen LogP contribution >= 0.6 is 0 Å². The Morgan fingerprint density at radius 1 is 1.11 bits per heavy atom. The Morgan fingerprint density at radius 2 is 1.81 bits per heavy atom. The van der Waals surface area contributed by atoms with E-state index in [0.29, 0.717) is 12.5 Å². The molecule has 27 heavy (non-hydrogen) atoms. The molecule has 2 aromatic rings. The molecule has 0 aromatic heterocycles. The average molecular weight is 367 g/mol. The third-order valence-corrected chi connectivity index (χ3v) is 5.50. The van der Waals surface area contributed by atoms with Crippen molar-refractivity contribution in [3.8, 4) is 5.75 Å². The van der Waals surface area contributed by atoms with Crippen molar-refractivity contribution in [2.75, 3.05) is 20.2 Å². The zero-order chi connectivity index (χ0) is 19.4. The van der Waals surface area contributed by atoms with E-state index in [4.69, 9.17) is 4.74 Å². The van der Waals surface area contributed by atoms with Crippen LogP contribution in [-0.4, -0.2) is 36.2 Å². The predicted octanol–water partition coefficient (Wildman–Crippen LogP) is 4.70. The standard InChI is InChI=1S/C23H29NO3/c1-16(2)17-9-11-18(12-10-17)22(19-6-4-8-21(14-19)27-3)24-13-5-7-20(15-24)23(25)26/h4,6,8-12,14,16,20,22H,5,7,13,15H2,1-3H3,(H,25,26). The predicted molar refractivity (Wildman–Crippen MR) is 107 cm³/mol. The number of nitrogens with zero attached hydrogens (tertiary/aromatic N) is 1. The minimum atomic E-state index is -0.695. The van der Waals surface area contributed by atoms with Gasteiger partial charge >= 0.3 is 5.97 Å². The molecule has 4 heteroatoms. The van der Waals surface area contributed by atoms with Gasteiger partial charge in [0.15, 0.2) is 0 Å². The molecule has 1 saturated heterocycles. The average Bonchev–Trinajstić information content (AvgIpc) is 2.69. The molecule has 144 valence electrons. The van der Waals surface area contributed by atoms with Crippen LogP contribution in [0.15, 0.2) is 48.5 Å². The van der Waals surface area contributed by atoms with Gasteiger partial charge in [0, 0.05) is 6.54 Å². The first-order valence-corrected chi connectivity index (χ1v) is 9.70. The van der Waals surface area contributed by atoms with E-state index in [1.165, 1.54) is 11.1 Å². The van der Waals surface area contributed by atoms with Crippen molar-refractivity contribution in [1.29, 1.82) is 0 Å². The van der Waals surface area contributed by atoms with Gasteiger partial charge in [0.25, 0.3) is 0 Å². The summed E-state index contributed by atoms with van der Waals surface area (Å²) in [7, 11) is 1.67. The summed E-state index contributed by atoms with van der Waals surface area (Å²) in [5.41, 5.74) is 3.64. The van der Waals surface area contributed by atoms with Crippen molar-refractivity contribution in [3.63, 3.8) is 0 Å². The van der Waals surface area contributed by atoms with E-state index in [1.807, 2.05) is 12.1 Å². The number of carboxylic acids is 1. The maximum Gasteiger partial charge on any atom is 0.307 e. The zero-order valence-corrected chi connectivity index (χ0v) is 16.4. The molecule has 0 spiro atoms. The van der Waals surface area contributed by atoms with Crippen LogP contribution in [0.1, 0.15) is 55.3 Å². The van der Waals surface area contributed by atoms with Crippen LogP contribution in [0.5, 0.6) is 5.75 Å². The quantitative estimate of drug-likeness (QED) is 0.804. The Labute approximate surface area is 161 Å². The second-order valence-corrected chi connectivity index (χ2v) is 7.67. The number of aliphatic carboxylic acids is 1. The van der Waals surface area contributed by atoms with Gasteiger partial charge in [0.1, 0.15) is 5.75 Å². The van der Waals surface area contributed by atoms with Gasteiger partial charge in [-0.25, -0.2) is 0 Å². The fraction of sp³-hybridized carbons (Fsp3) is 0.435. The Kier molecular flexibility index (Phi) is 6.17. The molecular weight excluding hydrogens is 338 g/mol. The van der Waals surface area contributed by atoms with Gasteiger partial charge in [-0.05, 0) is 54.1 Å². The highest BCUT2D eigenvalue weighted by Crippen LogP contribution is 2.34. The topological polar surface area (TPSA) is 49.8 Å². The summed E-state index contributed by atoms with van der Waals surface area (Å²) in [6.07, 6.45) is 1.66. The fourth-order valence-corrected chi connectivity index (χ4v) is 3.93. The third-order valence-electron chi connectivity index (χ3n) is 5.50. The fourth-order valence-electron chi connectivity index (χ4n) is 3.93. The number of carboxylic acid groups (broad SMARTS) is 1. The summed E-state index contributed by atoms with van der Waals surface area (Å²) in [6, 6.07) is 16.9. The summed E-state index contributed by atoms with van der Waals surface area (Å²) in [4.78, 5) is 13.9. The number of hydrogen-bond donors (Lipinski definition) is 1. The lowest BCUT2D eigenvalue weighted by Gasteiger charge is -2.37. The van der Waals surface area contributed by atoms with Crippen LogP contribution in [0.4, 0.5) is 0 Å². The molecule has 1 aliphatic rings. The van der Waals surface area contributed by atoms with Gasteiger partial charge in [-0.2, -0.15) is 0 Å². The first-order chi connectivity index (χ1) is 13.0. The van der Waals surface area contributed by atoms with E-state index >= 15 is 0 Å².